The van der Waals surface area contributed by atoms with E-state index in [-0.39, 0.29) is 17.3 Å². The van der Waals surface area contributed by atoms with Gasteiger partial charge in [0, 0.05) is 17.5 Å². The normalized spacial score (nSPS) is 23.9. The quantitative estimate of drug-likeness (QED) is 0.838. The molecule has 2 rings (SSSR count). The number of halogens is 2. The molecule has 0 aliphatic heterocycles. The molecule has 1 unspecified atom stereocenters. The zero-order chi connectivity index (χ0) is 14.7. The molecule has 1 aromatic rings. The number of rotatable bonds is 3. The Balaban J connectivity index is 2.20. The molecular formula is C16H17F2NO. The van der Waals surface area contributed by atoms with Gasteiger partial charge in [-0.2, -0.15) is 5.26 Å². The summed E-state index contributed by atoms with van der Waals surface area (Å²) in [5, 5.41) is 9.20. The molecule has 106 valence electrons. The van der Waals surface area contributed by atoms with Crippen LogP contribution in [0.25, 0.3) is 0 Å². The second-order valence-electron chi connectivity index (χ2n) is 5.59. The third-order valence-electron chi connectivity index (χ3n) is 4.11. The molecule has 0 aromatic heterocycles. The van der Waals surface area contributed by atoms with E-state index in [4.69, 9.17) is 0 Å². The van der Waals surface area contributed by atoms with Crippen LogP contribution in [0.4, 0.5) is 8.78 Å². The molecule has 0 bridgehead atoms. The summed E-state index contributed by atoms with van der Waals surface area (Å²) in [6.07, 6.45) is 3.42. The van der Waals surface area contributed by atoms with Crippen molar-refractivity contribution in [2.45, 2.75) is 38.5 Å². The lowest BCUT2D eigenvalue weighted by atomic mass is 9.77. The predicted molar refractivity (Wildman–Crippen MR) is 70.8 cm³/mol. The Bertz CT molecular complexity index is 542. The maximum absolute atomic E-state index is 13.7. The third kappa shape index (κ3) is 3.04. The number of carbonyl (C=O) groups is 1. The van der Waals surface area contributed by atoms with Gasteiger partial charge in [0.05, 0.1) is 6.07 Å². The van der Waals surface area contributed by atoms with Gasteiger partial charge in [0.25, 0.3) is 0 Å². The maximum atomic E-state index is 13.7. The molecule has 4 heteroatoms. The summed E-state index contributed by atoms with van der Waals surface area (Å²) in [7, 11) is 0. The first-order valence-electron chi connectivity index (χ1n) is 6.91. The molecule has 2 nitrogen and oxygen atoms in total. The summed E-state index contributed by atoms with van der Waals surface area (Å²) in [5.74, 6) is -2.47. The highest BCUT2D eigenvalue weighted by molar-refractivity contribution is 5.90. The van der Waals surface area contributed by atoms with Gasteiger partial charge in [-0.1, -0.05) is 25.8 Å². The van der Waals surface area contributed by atoms with E-state index in [1.165, 1.54) is 6.07 Å². The average Bonchev–Trinajstić information content (AvgIpc) is 2.42. The molecule has 0 radical (unpaired) electrons. The predicted octanol–water partition coefficient (Wildman–Crippen LogP) is 3.97. The molecule has 1 saturated carbocycles. The zero-order valence-corrected chi connectivity index (χ0v) is 11.4. The molecule has 1 fully saturated rings. The van der Waals surface area contributed by atoms with Crippen LogP contribution in [0.5, 0.6) is 0 Å². The Kier molecular flexibility index (Phi) is 4.49. The van der Waals surface area contributed by atoms with E-state index in [0.717, 1.165) is 37.8 Å². The highest BCUT2D eigenvalue weighted by Gasteiger charge is 2.32. The molecular weight excluding hydrogens is 260 g/mol. The minimum absolute atomic E-state index is 0.0162. The summed E-state index contributed by atoms with van der Waals surface area (Å²) in [6.45, 7) is 2.14. The fourth-order valence-electron chi connectivity index (χ4n) is 2.80. The van der Waals surface area contributed by atoms with Crippen LogP contribution in [0.3, 0.4) is 0 Å². The summed E-state index contributed by atoms with van der Waals surface area (Å²) in [6, 6.07) is 4.87. The second kappa shape index (κ2) is 6.13. The van der Waals surface area contributed by atoms with Gasteiger partial charge in [-0.15, -0.1) is 0 Å². The molecule has 1 aliphatic rings. The van der Waals surface area contributed by atoms with Crippen LogP contribution in [-0.2, 0) is 4.79 Å². The molecule has 0 heterocycles. The van der Waals surface area contributed by atoms with Gasteiger partial charge < -0.3 is 0 Å². The third-order valence-corrected chi connectivity index (χ3v) is 4.11. The molecule has 1 aliphatic carbocycles. The van der Waals surface area contributed by atoms with Crippen molar-refractivity contribution in [2.75, 3.05) is 0 Å². The van der Waals surface area contributed by atoms with Crippen molar-refractivity contribution in [1.82, 2.24) is 0 Å². The molecule has 1 atom stereocenters. The number of benzene rings is 1. The van der Waals surface area contributed by atoms with Crippen molar-refractivity contribution in [3.63, 3.8) is 0 Å². The fourth-order valence-corrected chi connectivity index (χ4v) is 2.80. The number of hydrogen-bond acceptors (Lipinski definition) is 2. The number of nitrogens with zero attached hydrogens (tertiary/aromatic N) is 1. The average molecular weight is 277 g/mol. The smallest absolute Gasteiger partial charge is 0.157 e. The van der Waals surface area contributed by atoms with Crippen molar-refractivity contribution in [2.24, 2.45) is 11.8 Å². The van der Waals surface area contributed by atoms with E-state index >= 15 is 0 Å². The van der Waals surface area contributed by atoms with Gasteiger partial charge in [0.1, 0.15) is 17.6 Å². The van der Waals surface area contributed by atoms with E-state index in [1.54, 1.807) is 0 Å². The summed E-state index contributed by atoms with van der Waals surface area (Å²) in [5.41, 5.74) is -0.0162. The van der Waals surface area contributed by atoms with Gasteiger partial charge in [-0.3, -0.25) is 4.79 Å². The van der Waals surface area contributed by atoms with E-state index in [9.17, 15) is 18.8 Å². The first kappa shape index (κ1) is 14.6. The van der Waals surface area contributed by atoms with Crippen LogP contribution in [0.2, 0.25) is 0 Å². The van der Waals surface area contributed by atoms with E-state index in [2.05, 4.69) is 6.92 Å². The number of ketones is 1. The van der Waals surface area contributed by atoms with Gasteiger partial charge >= 0.3 is 0 Å². The molecule has 0 N–H and O–H groups in total. The number of carbonyl (C=O) groups excluding carboxylic acids is 1. The van der Waals surface area contributed by atoms with Gasteiger partial charge in [-0.05, 0) is 24.8 Å². The van der Waals surface area contributed by atoms with Crippen LogP contribution in [0.1, 0.15) is 44.1 Å². The number of hydrogen-bond donors (Lipinski definition) is 0. The maximum Gasteiger partial charge on any atom is 0.157 e. The number of Topliss-reactive ketones (excluding diaryl/α,β-unsaturated/α-hetero) is 1. The van der Waals surface area contributed by atoms with Crippen molar-refractivity contribution in [1.29, 1.82) is 5.26 Å². The second-order valence-corrected chi connectivity index (χ2v) is 5.59. The lowest BCUT2D eigenvalue weighted by Gasteiger charge is -2.26. The Hall–Kier alpha value is -1.76. The summed E-state index contributed by atoms with van der Waals surface area (Å²) in [4.78, 5) is 12.4. The highest BCUT2D eigenvalue weighted by atomic mass is 19.1. The Morgan fingerprint density at radius 3 is 2.50 bits per heavy atom. The number of nitriles is 1. The Labute approximate surface area is 117 Å². The first-order chi connectivity index (χ1) is 9.52. The van der Waals surface area contributed by atoms with E-state index in [1.807, 2.05) is 6.07 Å². The lowest BCUT2D eigenvalue weighted by Crippen LogP contribution is -2.26. The van der Waals surface area contributed by atoms with Crippen molar-refractivity contribution < 1.29 is 13.6 Å². The molecule has 20 heavy (non-hydrogen) atoms. The van der Waals surface area contributed by atoms with E-state index in [0.29, 0.717) is 5.92 Å². The Morgan fingerprint density at radius 1 is 1.30 bits per heavy atom. The zero-order valence-electron chi connectivity index (χ0n) is 11.4. The van der Waals surface area contributed by atoms with Crippen LogP contribution < -0.4 is 0 Å². The monoisotopic (exact) mass is 277 g/mol. The summed E-state index contributed by atoms with van der Waals surface area (Å²) >= 11 is 0. The standard InChI is InChI=1S/C16H17F2NO/c1-10-2-4-11(5-3-10)16(20)14(9-19)13-7-6-12(17)8-15(13)18/h6-8,10-11,14H,2-5H2,1H3. The minimum Gasteiger partial charge on any atom is -0.298 e. The fraction of sp³-hybridized carbons (Fsp3) is 0.500. The van der Waals surface area contributed by atoms with Gasteiger partial charge in [-0.25, -0.2) is 8.78 Å². The largest absolute Gasteiger partial charge is 0.298 e. The minimum atomic E-state index is -1.13. The van der Waals surface area contributed by atoms with Gasteiger partial charge in [0.15, 0.2) is 5.78 Å². The lowest BCUT2D eigenvalue weighted by molar-refractivity contribution is -0.124. The van der Waals surface area contributed by atoms with Crippen LogP contribution in [0.15, 0.2) is 18.2 Å². The molecule has 0 saturated heterocycles. The molecule has 1 aromatic carbocycles. The van der Waals surface area contributed by atoms with Crippen molar-refractivity contribution in [3.05, 3.63) is 35.4 Å². The van der Waals surface area contributed by atoms with Crippen LogP contribution >= 0.6 is 0 Å². The molecule has 0 amide bonds. The topological polar surface area (TPSA) is 40.9 Å². The molecule has 0 spiro atoms. The SMILES string of the molecule is CC1CCC(C(=O)C(C#N)c2ccc(F)cc2F)CC1. The van der Waals surface area contributed by atoms with Crippen molar-refractivity contribution in [3.8, 4) is 6.07 Å². The van der Waals surface area contributed by atoms with E-state index < -0.39 is 17.6 Å². The van der Waals surface area contributed by atoms with Crippen LogP contribution in [-0.4, -0.2) is 5.78 Å². The van der Waals surface area contributed by atoms with Crippen LogP contribution in [0, 0.1) is 34.8 Å². The highest BCUT2D eigenvalue weighted by Crippen LogP contribution is 2.33. The van der Waals surface area contributed by atoms with Gasteiger partial charge in [0.2, 0.25) is 0 Å². The first-order valence-corrected chi connectivity index (χ1v) is 6.91. The Morgan fingerprint density at radius 2 is 1.95 bits per heavy atom. The van der Waals surface area contributed by atoms with Crippen molar-refractivity contribution >= 4 is 5.78 Å². The summed E-state index contributed by atoms with van der Waals surface area (Å²) < 4.78 is 26.6.